The van der Waals surface area contributed by atoms with Gasteiger partial charge in [0.15, 0.2) is 6.61 Å². The van der Waals surface area contributed by atoms with Crippen molar-refractivity contribution in [1.29, 1.82) is 0 Å². The molecule has 0 spiro atoms. The first-order valence-electron chi connectivity index (χ1n) is 6.98. The van der Waals surface area contributed by atoms with E-state index in [-0.39, 0.29) is 18.6 Å². The summed E-state index contributed by atoms with van der Waals surface area (Å²) < 4.78 is 23.9. The third-order valence-electron chi connectivity index (χ3n) is 2.69. The molecule has 2 aromatic carbocycles. The van der Waals surface area contributed by atoms with Gasteiger partial charge >= 0.3 is 0 Å². The highest BCUT2D eigenvalue weighted by molar-refractivity contribution is 5.93. The van der Waals surface area contributed by atoms with E-state index < -0.39 is 5.82 Å². The minimum absolute atomic E-state index is 0.00148. The molecule has 0 aliphatic heterocycles. The summed E-state index contributed by atoms with van der Waals surface area (Å²) in [6, 6.07) is 12.8. The molecule has 2 rings (SSSR count). The summed E-state index contributed by atoms with van der Waals surface area (Å²) in [7, 11) is 0. The summed E-state index contributed by atoms with van der Waals surface area (Å²) in [6.07, 6.45) is 0.00148. The summed E-state index contributed by atoms with van der Waals surface area (Å²) in [6.45, 7) is 3.61. The second kappa shape index (κ2) is 7.45. The Hall–Kier alpha value is -2.56. The number of nitrogens with one attached hydrogen (secondary N) is 1. The van der Waals surface area contributed by atoms with Gasteiger partial charge < -0.3 is 14.8 Å². The van der Waals surface area contributed by atoms with Crippen molar-refractivity contribution in [1.82, 2.24) is 0 Å². The van der Waals surface area contributed by atoms with E-state index in [0.717, 1.165) is 0 Å². The maximum Gasteiger partial charge on any atom is 0.262 e. The van der Waals surface area contributed by atoms with Crippen molar-refractivity contribution in [2.45, 2.75) is 20.0 Å². The maximum atomic E-state index is 13.0. The molecular weight excluding hydrogens is 285 g/mol. The number of ether oxygens (including phenoxy) is 2. The molecule has 0 fully saturated rings. The van der Waals surface area contributed by atoms with Gasteiger partial charge in [-0.2, -0.15) is 0 Å². The number of anilines is 1. The summed E-state index contributed by atoms with van der Waals surface area (Å²) in [5, 5.41) is 2.72. The SMILES string of the molecule is CC(C)Oc1ccccc1NC(=O)COc1cccc(F)c1. The van der Waals surface area contributed by atoms with Crippen molar-refractivity contribution in [3.8, 4) is 11.5 Å². The zero-order valence-electron chi connectivity index (χ0n) is 12.5. The highest BCUT2D eigenvalue weighted by atomic mass is 19.1. The average molecular weight is 303 g/mol. The van der Waals surface area contributed by atoms with Gasteiger partial charge in [0, 0.05) is 6.07 Å². The van der Waals surface area contributed by atoms with E-state index in [4.69, 9.17) is 9.47 Å². The Morgan fingerprint density at radius 3 is 2.68 bits per heavy atom. The van der Waals surface area contributed by atoms with Crippen molar-refractivity contribution < 1.29 is 18.7 Å². The van der Waals surface area contributed by atoms with Gasteiger partial charge in [-0.25, -0.2) is 4.39 Å². The molecule has 1 amide bonds. The Balaban J connectivity index is 1.95. The summed E-state index contributed by atoms with van der Waals surface area (Å²) in [5.41, 5.74) is 0.573. The first kappa shape index (κ1) is 15.8. The van der Waals surface area contributed by atoms with E-state index in [9.17, 15) is 9.18 Å². The van der Waals surface area contributed by atoms with E-state index in [1.807, 2.05) is 19.9 Å². The lowest BCUT2D eigenvalue weighted by molar-refractivity contribution is -0.118. The van der Waals surface area contributed by atoms with Crippen LogP contribution in [0.3, 0.4) is 0 Å². The number of halogens is 1. The van der Waals surface area contributed by atoms with Gasteiger partial charge in [-0.3, -0.25) is 4.79 Å². The lowest BCUT2D eigenvalue weighted by Gasteiger charge is -2.15. The smallest absolute Gasteiger partial charge is 0.262 e. The Bertz CT molecular complexity index is 643. The lowest BCUT2D eigenvalue weighted by Crippen LogP contribution is -2.21. The van der Waals surface area contributed by atoms with Crippen LogP contribution in [0.4, 0.5) is 10.1 Å². The van der Waals surface area contributed by atoms with Crippen LogP contribution < -0.4 is 14.8 Å². The fourth-order valence-corrected chi connectivity index (χ4v) is 1.82. The number of hydrogen-bond acceptors (Lipinski definition) is 3. The molecule has 0 aliphatic carbocycles. The van der Waals surface area contributed by atoms with Crippen molar-refractivity contribution >= 4 is 11.6 Å². The Kier molecular flexibility index (Phi) is 5.36. The van der Waals surface area contributed by atoms with Gasteiger partial charge in [-0.1, -0.05) is 18.2 Å². The molecule has 0 heterocycles. The Morgan fingerprint density at radius 2 is 1.95 bits per heavy atom. The molecule has 2 aromatic rings. The quantitative estimate of drug-likeness (QED) is 0.886. The van der Waals surface area contributed by atoms with Crippen molar-refractivity contribution in [3.05, 3.63) is 54.3 Å². The first-order valence-corrected chi connectivity index (χ1v) is 6.98. The minimum Gasteiger partial charge on any atom is -0.489 e. The van der Waals surface area contributed by atoms with Gasteiger partial charge in [0.2, 0.25) is 0 Å². The second-order valence-electron chi connectivity index (χ2n) is 4.96. The molecule has 0 aromatic heterocycles. The molecule has 4 nitrogen and oxygen atoms in total. The first-order chi connectivity index (χ1) is 10.5. The molecule has 5 heteroatoms. The van der Waals surface area contributed by atoms with E-state index in [1.54, 1.807) is 24.3 Å². The van der Waals surface area contributed by atoms with Gasteiger partial charge in [0.1, 0.15) is 17.3 Å². The third kappa shape index (κ3) is 4.77. The number of benzene rings is 2. The normalized spacial score (nSPS) is 10.4. The predicted octanol–water partition coefficient (Wildman–Crippen LogP) is 3.63. The van der Waals surface area contributed by atoms with Gasteiger partial charge in [0.05, 0.1) is 11.8 Å². The molecule has 22 heavy (non-hydrogen) atoms. The Morgan fingerprint density at radius 1 is 1.18 bits per heavy atom. The standard InChI is InChI=1S/C17H18FNO3/c1-12(2)22-16-9-4-3-8-15(16)19-17(20)11-21-14-7-5-6-13(18)10-14/h3-10,12H,11H2,1-2H3,(H,19,20). The monoisotopic (exact) mass is 303 g/mol. The average Bonchev–Trinajstić information content (AvgIpc) is 2.47. The molecule has 0 aliphatic rings. The zero-order chi connectivity index (χ0) is 15.9. The van der Waals surface area contributed by atoms with E-state index in [0.29, 0.717) is 17.2 Å². The fourth-order valence-electron chi connectivity index (χ4n) is 1.82. The van der Waals surface area contributed by atoms with Crippen LogP contribution in [0.25, 0.3) is 0 Å². The molecular formula is C17H18FNO3. The van der Waals surface area contributed by atoms with E-state index in [1.165, 1.54) is 18.2 Å². The van der Waals surface area contributed by atoms with Gasteiger partial charge in [-0.05, 0) is 38.1 Å². The third-order valence-corrected chi connectivity index (χ3v) is 2.69. The summed E-state index contributed by atoms with van der Waals surface area (Å²) in [5.74, 6) is 0.149. The highest BCUT2D eigenvalue weighted by Gasteiger charge is 2.09. The minimum atomic E-state index is -0.409. The van der Waals surface area contributed by atoms with Crippen LogP contribution >= 0.6 is 0 Å². The van der Waals surface area contributed by atoms with Crippen molar-refractivity contribution in [2.24, 2.45) is 0 Å². The summed E-state index contributed by atoms with van der Waals surface area (Å²) in [4.78, 5) is 11.9. The van der Waals surface area contributed by atoms with Crippen molar-refractivity contribution in [3.63, 3.8) is 0 Å². The molecule has 0 radical (unpaired) electrons. The predicted molar refractivity (Wildman–Crippen MR) is 82.7 cm³/mol. The van der Waals surface area contributed by atoms with Crippen molar-refractivity contribution in [2.75, 3.05) is 11.9 Å². The van der Waals surface area contributed by atoms with E-state index in [2.05, 4.69) is 5.32 Å². The Labute approximate surface area is 128 Å². The van der Waals surface area contributed by atoms with E-state index >= 15 is 0 Å². The molecule has 0 bridgehead atoms. The molecule has 0 saturated heterocycles. The number of carbonyl (C=O) groups is 1. The molecule has 0 saturated carbocycles. The summed E-state index contributed by atoms with van der Waals surface area (Å²) >= 11 is 0. The number of hydrogen-bond donors (Lipinski definition) is 1. The van der Waals surface area contributed by atoms with Crippen LogP contribution in [0.5, 0.6) is 11.5 Å². The number of para-hydroxylation sites is 2. The van der Waals surface area contributed by atoms with Gasteiger partial charge in [-0.15, -0.1) is 0 Å². The second-order valence-corrected chi connectivity index (χ2v) is 4.96. The van der Waals surface area contributed by atoms with Crippen LogP contribution in [0.1, 0.15) is 13.8 Å². The van der Waals surface area contributed by atoms with Crippen LogP contribution in [-0.4, -0.2) is 18.6 Å². The highest BCUT2D eigenvalue weighted by Crippen LogP contribution is 2.24. The zero-order valence-corrected chi connectivity index (χ0v) is 12.5. The topological polar surface area (TPSA) is 47.6 Å². The number of carbonyl (C=O) groups excluding carboxylic acids is 1. The largest absolute Gasteiger partial charge is 0.489 e. The molecule has 0 unspecified atom stereocenters. The van der Waals surface area contributed by atoms with Crippen LogP contribution in [0, 0.1) is 5.82 Å². The van der Waals surface area contributed by atoms with Crippen LogP contribution in [0.15, 0.2) is 48.5 Å². The lowest BCUT2D eigenvalue weighted by atomic mass is 10.3. The van der Waals surface area contributed by atoms with Crippen LogP contribution in [0.2, 0.25) is 0 Å². The number of amides is 1. The molecule has 1 N–H and O–H groups in total. The number of rotatable bonds is 6. The molecule has 0 atom stereocenters. The van der Waals surface area contributed by atoms with Crippen LogP contribution in [-0.2, 0) is 4.79 Å². The fraction of sp³-hybridized carbons (Fsp3) is 0.235. The molecule has 116 valence electrons. The van der Waals surface area contributed by atoms with Gasteiger partial charge in [0.25, 0.3) is 5.91 Å². The maximum absolute atomic E-state index is 13.0.